The Morgan fingerprint density at radius 3 is 2.63 bits per heavy atom. The maximum Gasteiger partial charge on any atom is 0.326 e. The van der Waals surface area contributed by atoms with Gasteiger partial charge in [-0.2, -0.15) is 11.8 Å². The maximum atomic E-state index is 12.2. The number of amides is 2. The summed E-state index contributed by atoms with van der Waals surface area (Å²) >= 11 is 1.80. The Balaban J connectivity index is 1.94. The number of carboxylic acids is 1. The van der Waals surface area contributed by atoms with Crippen LogP contribution in [0.25, 0.3) is 0 Å². The predicted octanol–water partition coefficient (Wildman–Crippen LogP) is 1.92. The molecule has 0 aromatic rings. The maximum absolute atomic E-state index is 12.2. The number of urea groups is 1. The molecule has 19 heavy (non-hydrogen) atoms. The van der Waals surface area contributed by atoms with Gasteiger partial charge in [0, 0.05) is 17.8 Å². The minimum absolute atomic E-state index is 0.186. The highest BCUT2D eigenvalue weighted by atomic mass is 32.2. The number of hydrogen-bond acceptors (Lipinski definition) is 3. The monoisotopic (exact) mass is 286 g/mol. The average molecular weight is 286 g/mol. The number of hydrogen-bond donors (Lipinski definition) is 2. The summed E-state index contributed by atoms with van der Waals surface area (Å²) < 4.78 is 0. The van der Waals surface area contributed by atoms with Crippen LogP contribution in [0.5, 0.6) is 0 Å². The van der Waals surface area contributed by atoms with Gasteiger partial charge in [0.05, 0.1) is 0 Å². The van der Waals surface area contributed by atoms with E-state index in [1.54, 1.807) is 11.8 Å². The lowest BCUT2D eigenvalue weighted by molar-refractivity contribution is -0.141. The van der Waals surface area contributed by atoms with Gasteiger partial charge in [-0.25, -0.2) is 9.59 Å². The van der Waals surface area contributed by atoms with E-state index < -0.39 is 12.0 Å². The lowest BCUT2D eigenvalue weighted by Crippen LogP contribution is -2.52. The van der Waals surface area contributed by atoms with Crippen molar-refractivity contribution in [3.05, 3.63) is 0 Å². The normalized spacial score (nSPS) is 31.2. The summed E-state index contributed by atoms with van der Waals surface area (Å²) in [6.07, 6.45) is 7.92. The van der Waals surface area contributed by atoms with Crippen molar-refractivity contribution in [1.82, 2.24) is 10.2 Å². The van der Waals surface area contributed by atoms with E-state index in [4.69, 9.17) is 5.11 Å². The molecule has 1 aliphatic heterocycles. The second-order valence-electron chi connectivity index (χ2n) is 5.30. The molecule has 1 saturated heterocycles. The fourth-order valence-corrected chi connectivity index (χ4v) is 3.99. The number of nitrogens with one attached hydrogen (secondary N) is 1. The van der Waals surface area contributed by atoms with Gasteiger partial charge >= 0.3 is 12.0 Å². The van der Waals surface area contributed by atoms with Gasteiger partial charge in [0.2, 0.25) is 0 Å². The first-order valence-corrected chi connectivity index (χ1v) is 8.25. The van der Waals surface area contributed by atoms with E-state index in [1.807, 2.05) is 0 Å². The molecule has 1 saturated carbocycles. The smallest absolute Gasteiger partial charge is 0.326 e. The highest BCUT2D eigenvalue weighted by Crippen LogP contribution is 2.27. The van der Waals surface area contributed by atoms with E-state index in [0.29, 0.717) is 18.2 Å². The highest BCUT2D eigenvalue weighted by Gasteiger charge is 2.36. The number of aliphatic carboxylic acids is 1. The molecule has 2 fully saturated rings. The van der Waals surface area contributed by atoms with Crippen LogP contribution in [0, 0.1) is 0 Å². The average Bonchev–Trinajstić information content (AvgIpc) is 2.88. The van der Waals surface area contributed by atoms with Crippen molar-refractivity contribution in [2.75, 3.05) is 12.8 Å². The van der Waals surface area contributed by atoms with Crippen molar-refractivity contribution in [2.24, 2.45) is 0 Å². The van der Waals surface area contributed by atoms with Crippen molar-refractivity contribution in [2.45, 2.75) is 55.9 Å². The van der Waals surface area contributed by atoms with Crippen molar-refractivity contribution >= 4 is 23.8 Å². The summed E-state index contributed by atoms with van der Waals surface area (Å²) in [5.41, 5.74) is 0. The van der Waals surface area contributed by atoms with Crippen LogP contribution in [0.15, 0.2) is 0 Å². The summed E-state index contributed by atoms with van der Waals surface area (Å²) in [5.74, 6) is -0.891. The van der Waals surface area contributed by atoms with Gasteiger partial charge in [0.25, 0.3) is 0 Å². The van der Waals surface area contributed by atoms with E-state index in [1.165, 1.54) is 11.3 Å². The first kappa shape index (κ1) is 14.5. The third-order valence-corrected chi connectivity index (χ3v) is 5.28. The third kappa shape index (κ3) is 3.35. The molecule has 0 spiro atoms. The Labute approximate surface area is 118 Å². The number of nitrogens with zero attached hydrogens (tertiary/aromatic N) is 1. The second kappa shape index (κ2) is 6.50. The van der Waals surface area contributed by atoms with Crippen LogP contribution in [0.1, 0.15) is 38.5 Å². The van der Waals surface area contributed by atoms with Crippen LogP contribution in [-0.4, -0.2) is 52.1 Å². The molecule has 6 heteroatoms. The quantitative estimate of drug-likeness (QED) is 0.831. The standard InChI is InChI=1S/C13H22N2O3S/c1-19-11-7-3-2-5-9(11)14-13(18)15-8-4-6-10(15)12(16)17/h9-11H,2-8H2,1H3,(H,14,18)(H,16,17)/t9?,10-,11?/m1/s1. The van der Waals surface area contributed by atoms with Gasteiger partial charge in [0.1, 0.15) is 6.04 Å². The van der Waals surface area contributed by atoms with E-state index in [9.17, 15) is 9.59 Å². The fraction of sp³-hybridized carbons (Fsp3) is 0.846. The van der Waals surface area contributed by atoms with Crippen LogP contribution >= 0.6 is 11.8 Å². The van der Waals surface area contributed by atoms with Gasteiger partial charge in [-0.05, 0) is 31.9 Å². The zero-order valence-corrected chi connectivity index (χ0v) is 12.1. The van der Waals surface area contributed by atoms with Gasteiger partial charge in [-0.3, -0.25) is 0 Å². The van der Waals surface area contributed by atoms with E-state index in [-0.39, 0.29) is 12.1 Å². The summed E-state index contributed by atoms with van der Waals surface area (Å²) in [4.78, 5) is 24.8. The molecule has 0 aromatic heterocycles. The van der Waals surface area contributed by atoms with Crippen molar-refractivity contribution in [3.63, 3.8) is 0 Å². The summed E-state index contributed by atoms with van der Waals surface area (Å²) in [7, 11) is 0. The van der Waals surface area contributed by atoms with Crippen LogP contribution in [-0.2, 0) is 4.79 Å². The fourth-order valence-electron chi connectivity index (χ4n) is 3.05. The number of carbonyl (C=O) groups is 2. The van der Waals surface area contributed by atoms with Gasteiger partial charge in [-0.1, -0.05) is 12.8 Å². The van der Waals surface area contributed by atoms with E-state index in [2.05, 4.69) is 11.6 Å². The minimum atomic E-state index is -0.891. The molecule has 2 unspecified atom stereocenters. The van der Waals surface area contributed by atoms with Crippen molar-refractivity contribution < 1.29 is 14.7 Å². The first-order chi connectivity index (χ1) is 9.13. The van der Waals surface area contributed by atoms with Crippen LogP contribution in [0.2, 0.25) is 0 Å². The summed E-state index contributed by atoms with van der Waals surface area (Å²) in [6, 6.07) is -0.654. The number of thioether (sulfide) groups is 1. The molecule has 2 rings (SSSR count). The second-order valence-corrected chi connectivity index (χ2v) is 6.38. The molecule has 1 heterocycles. The third-order valence-electron chi connectivity index (χ3n) is 4.11. The Morgan fingerprint density at radius 2 is 1.95 bits per heavy atom. The van der Waals surface area contributed by atoms with E-state index in [0.717, 1.165) is 25.7 Å². The first-order valence-electron chi connectivity index (χ1n) is 6.96. The lowest BCUT2D eigenvalue weighted by Gasteiger charge is -2.33. The molecule has 5 nitrogen and oxygen atoms in total. The molecule has 1 aliphatic carbocycles. The molecular formula is C13H22N2O3S. The van der Waals surface area contributed by atoms with Crippen molar-refractivity contribution in [3.8, 4) is 0 Å². The van der Waals surface area contributed by atoms with Gasteiger partial charge in [0.15, 0.2) is 0 Å². The molecule has 0 bridgehead atoms. The molecule has 0 aromatic carbocycles. The Hall–Kier alpha value is -0.910. The highest BCUT2D eigenvalue weighted by molar-refractivity contribution is 7.99. The number of carboxylic acid groups (broad SMARTS) is 1. The van der Waals surface area contributed by atoms with Crippen LogP contribution in [0.3, 0.4) is 0 Å². The molecular weight excluding hydrogens is 264 g/mol. The van der Waals surface area contributed by atoms with Crippen LogP contribution < -0.4 is 5.32 Å². The summed E-state index contributed by atoms with van der Waals surface area (Å²) in [6.45, 7) is 0.555. The van der Waals surface area contributed by atoms with Crippen molar-refractivity contribution in [1.29, 1.82) is 0 Å². The predicted molar refractivity (Wildman–Crippen MR) is 75.5 cm³/mol. The summed E-state index contributed by atoms with van der Waals surface area (Å²) in [5, 5.41) is 12.6. The lowest BCUT2D eigenvalue weighted by atomic mass is 9.95. The van der Waals surface area contributed by atoms with Gasteiger partial charge in [-0.15, -0.1) is 0 Å². The Bertz CT molecular complexity index is 351. The number of carbonyl (C=O) groups excluding carboxylic acids is 1. The van der Waals surface area contributed by atoms with E-state index >= 15 is 0 Å². The number of rotatable bonds is 3. The minimum Gasteiger partial charge on any atom is -0.480 e. The zero-order chi connectivity index (χ0) is 13.8. The zero-order valence-electron chi connectivity index (χ0n) is 11.3. The largest absolute Gasteiger partial charge is 0.480 e. The Morgan fingerprint density at radius 1 is 1.21 bits per heavy atom. The van der Waals surface area contributed by atoms with Crippen LogP contribution in [0.4, 0.5) is 4.79 Å². The molecule has 2 amide bonds. The molecule has 3 atom stereocenters. The SMILES string of the molecule is CSC1CCCCC1NC(=O)N1CCC[C@@H]1C(=O)O. The Kier molecular flexibility index (Phi) is 4.96. The molecule has 2 N–H and O–H groups in total. The van der Waals surface area contributed by atoms with Gasteiger partial charge < -0.3 is 15.3 Å². The molecule has 108 valence electrons. The molecule has 0 radical (unpaired) electrons. The molecule has 2 aliphatic rings. The number of likely N-dealkylation sites (tertiary alicyclic amines) is 1. The topological polar surface area (TPSA) is 69.6 Å².